The SMILES string of the molecule is Clc1ccc2ccc3c(Cl)c(Cl)ccc3c2c1. The molecule has 0 fully saturated rings. The molecule has 0 radical (unpaired) electrons. The van der Waals surface area contributed by atoms with E-state index in [1.807, 2.05) is 42.5 Å². The Labute approximate surface area is 114 Å². The fourth-order valence-corrected chi connectivity index (χ4v) is 2.61. The molecule has 84 valence electrons. The van der Waals surface area contributed by atoms with E-state index in [1.54, 1.807) is 0 Å². The average Bonchev–Trinajstić information content (AvgIpc) is 2.33. The highest BCUT2D eigenvalue weighted by molar-refractivity contribution is 6.45. The summed E-state index contributed by atoms with van der Waals surface area (Å²) >= 11 is 18.2. The predicted octanol–water partition coefficient (Wildman–Crippen LogP) is 5.95. The van der Waals surface area contributed by atoms with Crippen molar-refractivity contribution < 1.29 is 0 Å². The van der Waals surface area contributed by atoms with Gasteiger partial charge in [-0.3, -0.25) is 0 Å². The Morgan fingerprint density at radius 3 is 2.18 bits per heavy atom. The van der Waals surface area contributed by atoms with Crippen molar-refractivity contribution in [1.82, 2.24) is 0 Å². The molecule has 0 saturated carbocycles. The van der Waals surface area contributed by atoms with E-state index < -0.39 is 0 Å². The molecule has 0 nitrogen and oxygen atoms in total. The second-order valence-corrected chi connectivity index (χ2v) is 5.11. The summed E-state index contributed by atoms with van der Waals surface area (Å²) in [5.74, 6) is 0. The summed E-state index contributed by atoms with van der Waals surface area (Å²) in [5.41, 5.74) is 0. The summed E-state index contributed by atoms with van der Waals surface area (Å²) in [7, 11) is 0. The van der Waals surface area contributed by atoms with Crippen LogP contribution in [0.15, 0.2) is 42.5 Å². The molecule has 0 aliphatic carbocycles. The van der Waals surface area contributed by atoms with E-state index >= 15 is 0 Å². The van der Waals surface area contributed by atoms with Gasteiger partial charge in [-0.25, -0.2) is 0 Å². The number of benzene rings is 3. The number of rotatable bonds is 0. The maximum Gasteiger partial charge on any atom is 0.0670 e. The van der Waals surface area contributed by atoms with Crippen molar-refractivity contribution >= 4 is 56.3 Å². The van der Waals surface area contributed by atoms with Crippen molar-refractivity contribution in [3.63, 3.8) is 0 Å². The highest BCUT2D eigenvalue weighted by atomic mass is 35.5. The first-order chi connectivity index (χ1) is 8.16. The van der Waals surface area contributed by atoms with Crippen LogP contribution in [0.3, 0.4) is 0 Å². The molecule has 3 rings (SSSR count). The predicted molar refractivity (Wildman–Crippen MR) is 76.5 cm³/mol. The van der Waals surface area contributed by atoms with Gasteiger partial charge in [-0.2, -0.15) is 0 Å². The van der Waals surface area contributed by atoms with E-state index in [9.17, 15) is 0 Å². The fourth-order valence-electron chi connectivity index (χ4n) is 2.04. The standard InChI is InChI=1S/C14H7Cl3/c15-9-3-1-8-2-4-11-10(12(8)7-9)5-6-13(16)14(11)17/h1-7H. The molecule has 0 heterocycles. The summed E-state index contributed by atoms with van der Waals surface area (Å²) in [6, 6.07) is 13.6. The van der Waals surface area contributed by atoms with Gasteiger partial charge in [0.15, 0.2) is 0 Å². The molecule has 0 atom stereocenters. The fraction of sp³-hybridized carbons (Fsp3) is 0. The van der Waals surface area contributed by atoms with Crippen molar-refractivity contribution in [3.05, 3.63) is 57.5 Å². The van der Waals surface area contributed by atoms with E-state index in [1.165, 1.54) is 0 Å². The van der Waals surface area contributed by atoms with Crippen molar-refractivity contribution in [2.75, 3.05) is 0 Å². The molecule has 0 bridgehead atoms. The van der Waals surface area contributed by atoms with Crippen LogP contribution >= 0.6 is 34.8 Å². The van der Waals surface area contributed by atoms with Gasteiger partial charge in [-0.05, 0) is 34.4 Å². The van der Waals surface area contributed by atoms with Gasteiger partial charge in [-0.15, -0.1) is 0 Å². The quantitative estimate of drug-likeness (QED) is 0.446. The number of hydrogen-bond acceptors (Lipinski definition) is 0. The molecule has 0 aliphatic rings. The van der Waals surface area contributed by atoms with Crippen LogP contribution in [0, 0.1) is 0 Å². The van der Waals surface area contributed by atoms with Gasteiger partial charge in [0.1, 0.15) is 0 Å². The first-order valence-corrected chi connectivity index (χ1v) is 6.26. The minimum Gasteiger partial charge on any atom is -0.0843 e. The van der Waals surface area contributed by atoms with Crippen LogP contribution in [0.5, 0.6) is 0 Å². The molecule has 3 aromatic rings. The molecular formula is C14H7Cl3. The van der Waals surface area contributed by atoms with Crippen molar-refractivity contribution in [2.45, 2.75) is 0 Å². The van der Waals surface area contributed by atoms with Crippen LogP contribution in [0.1, 0.15) is 0 Å². The van der Waals surface area contributed by atoms with E-state index in [0.717, 1.165) is 26.6 Å². The Bertz CT molecular complexity index is 732. The molecular weight excluding hydrogens is 275 g/mol. The normalized spacial score (nSPS) is 11.2. The molecule has 3 heteroatoms. The molecule has 0 amide bonds. The van der Waals surface area contributed by atoms with Gasteiger partial charge < -0.3 is 0 Å². The highest BCUT2D eigenvalue weighted by Gasteiger charge is 2.07. The van der Waals surface area contributed by atoms with Crippen LogP contribution in [-0.4, -0.2) is 0 Å². The summed E-state index contributed by atoms with van der Waals surface area (Å²) in [5, 5.41) is 6.13. The largest absolute Gasteiger partial charge is 0.0843 e. The second-order valence-electron chi connectivity index (χ2n) is 3.89. The molecule has 17 heavy (non-hydrogen) atoms. The summed E-state index contributed by atoms with van der Waals surface area (Å²) in [6.45, 7) is 0. The maximum atomic E-state index is 6.20. The lowest BCUT2D eigenvalue weighted by Gasteiger charge is -2.07. The van der Waals surface area contributed by atoms with Gasteiger partial charge in [0.2, 0.25) is 0 Å². The smallest absolute Gasteiger partial charge is 0.0670 e. The van der Waals surface area contributed by atoms with Crippen LogP contribution in [0.2, 0.25) is 15.1 Å². The minimum atomic E-state index is 0.570. The Morgan fingerprint density at radius 1 is 0.647 bits per heavy atom. The van der Waals surface area contributed by atoms with Gasteiger partial charge >= 0.3 is 0 Å². The average molecular weight is 282 g/mol. The lowest BCUT2D eigenvalue weighted by atomic mass is 10.0. The van der Waals surface area contributed by atoms with E-state index in [-0.39, 0.29) is 0 Å². The molecule has 3 aromatic carbocycles. The first-order valence-electron chi connectivity index (χ1n) is 5.13. The van der Waals surface area contributed by atoms with Gasteiger partial charge in [0, 0.05) is 10.4 Å². The van der Waals surface area contributed by atoms with Crippen LogP contribution < -0.4 is 0 Å². The van der Waals surface area contributed by atoms with Crippen molar-refractivity contribution in [1.29, 1.82) is 0 Å². The molecule has 0 N–H and O–H groups in total. The third kappa shape index (κ3) is 1.77. The molecule has 0 aromatic heterocycles. The summed E-state index contributed by atoms with van der Waals surface area (Å²) < 4.78 is 0. The van der Waals surface area contributed by atoms with E-state index in [0.29, 0.717) is 10.0 Å². The first kappa shape index (κ1) is 11.2. The Balaban J connectivity index is 2.56. The Hall–Kier alpha value is -0.950. The van der Waals surface area contributed by atoms with Crippen LogP contribution in [0.25, 0.3) is 21.5 Å². The summed E-state index contributed by atoms with van der Waals surface area (Å²) in [4.78, 5) is 0. The van der Waals surface area contributed by atoms with Gasteiger partial charge in [-0.1, -0.05) is 59.1 Å². The van der Waals surface area contributed by atoms with Crippen molar-refractivity contribution in [2.24, 2.45) is 0 Å². The molecule has 0 spiro atoms. The summed E-state index contributed by atoms with van der Waals surface area (Å²) in [6.07, 6.45) is 0. The van der Waals surface area contributed by atoms with Crippen molar-refractivity contribution in [3.8, 4) is 0 Å². The Kier molecular flexibility index (Phi) is 2.67. The lowest BCUT2D eigenvalue weighted by molar-refractivity contribution is 1.76. The zero-order chi connectivity index (χ0) is 12.0. The van der Waals surface area contributed by atoms with Crippen LogP contribution in [0.4, 0.5) is 0 Å². The zero-order valence-electron chi connectivity index (χ0n) is 8.68. The monoisotopic (exact) mass is 280 g/mol. The van der Waals surface area contributed by atoms with Crippen LogP contribution in [-0.2, 0) is 0 Å². The third-order valence-corrected chi connectivity index (χ3v) is 3.92. The number of halogens is 3. The van der Waals surface area contributed by atoms with E-state index in [2.05, 4.69) is 0 Å². The topological polar surface area (TPSA) is 0 Å². The Morgan fingerprint density at radius 2 is 1.35 bits per heavy atom. The molecule has 0 unspecified atom stereocenters. The van der Waals surface area contributed by atoms with Gasteiger partial charge in [0.05, 0.1) is 10.0 Å². The van der Waals surface area contributed by atoms with E-state index in [4.69, 9.17) is 34.8 Å². The molecule has 0 aliphatic heterocycles. The third-order valence-electron chi connectivity index (χ3n) is 2.87. The zero-order valence-corrected chi connectivity index (χ0v) is 10.9. The van der Waals surface area contributed by atoms with Gasteiger partial charge in [0.25, 0.3) is 0 Å². The lowest BCUT2D eigenvalue weighted by Crippen LogP contribution is -1.80. The minimum absolute atomic E-state index is 0.570. The number of hydrogen-bond donors (Lipinski definition) is 0. The maximum absolute atomic E-state index is 6.20. The second kappa shape index (κ2) is 4.06. The number of fused-ring (bicyclic) bond motifs is 3. The molecule has 0 saturated heterocycles. The highest BCUT2D eigenvalue weighted by Crippen LogP contribution is 2.35.